The third kappa shape index (κ3) is 4.44. The summed E-state index contributed by atoms with van der Waals surface area (Å²) in [4.78, 5) is 14.9. The second-order valence-corrected chi connectivity index (χ2v) is 5.44. The molecule has 1 N–H and O–H groups in total. The van der Waals surface area contributed by atoms with Crippen LogP contribution in [-0.2, 0) is 11.3 Å². The third-order valence-corrected chi connectivity index (χ3v) is 3.74. The van der Waals surface area contributed by atoms with Gasteiger partial charge in [0, 0.05) is 42.4 Å². The quantitative estimate of drug-likeness (QED) is 0.824. The Morgan fingerprint density at radius 2 is 2.16 bits per heavy atom. The molecule has 5 heteroatoms. The minimum Gasteiger partial charge on any atom is -0.341 e. The summed E-state index contributed by atoms with van der Waals surface area (Å²) in [6.07, 6.45) is 4.10. The summed E-state index contributed by atoms with van der Waals surface area (Å²) in [6, 6.07) is 10.1. The van der Waals surface area contributed by atoms with Crippen molar-refractivity contribution >= 4 is 17.7 Å². The predicted octanol–water partition coefficient (Wildman–Crippen LogP) is 2.55. The van der Waals surface area contributed by atoms with Crippen molar-refractivity contribution in [3.05, 3.63) is 48.3 Å². The van der Waals surface area contributed by atoms with Crippen LogP contribution in [-0.4, -0.2) is 33.8 Å². The van der Waals surface area contributed by atoms with Crippen molar-refractivity contribution in [2.75, 3.05) is 12.8 Å². The topological polar surface area (TPSA) is 49.0 Å². The van der Waals surface area contributed by atoms with Gasteiger partial charge in [-0.2, -0.15) is 5.10 Å². The summed E-state index contributed by atoms with van der Waals surface area (Å²) in [5.74, 6) is 0.961. The molecule has 2 aromatic rings. The van der Waals surface area contributed by atoms with E-state index in [1.165, 1.54) is 4.90 Å². The van der Waals surface area contributed by atoms with Crippen LogP contribution in [0.1, 0.15) is 12.0 Å². The molecule has 100 valence electrons. The van der Waals surface area contributed by atoms with E-state index in [0.717, 1.165) is 11.3 Å². The standard InChI is InChI=1S/C14H17N3OS/c1-17(11-12-9-15-16-10-12)14(18)7-8-19-13-5-3-2-4-6-13/h2-6,9-10H,7-8,11H2,1H3,(H,15,16). The van der Waals surface area contributed by atoms with Crippen LogP contribution in [0, 0.1) is 0 Å². The van der Waals surface area contributed by atoms with E-state index < -0.39 is 0 Å². The van der Waals surface area contributed by atoms with E-state index in [1.807, 2.05) is 31.4 Å². The van der Waals surface area contributed by atoms with Crippen molar-refractivity contribution in [1.29, 1.82) is 0 Å². The number of thioether (sulfide) groups is 1. The van der Waals surface area contributed by atoms with Crippen molar-refractivity contribution in [2.24, 2.45) is 0 Å². The first-order valence-electron chi connectivity index (χ1n) is 6.15. The minimum absolute atomic E-state index is 0.157. The van der Waals surface area contributed by atoms with Gasteiger partial charge in [0.2, 0.25) is 5.91 Å². The number of H-pyrrole nitrogens is 1. The fourth-order valence-electron chi connectivity index (χ4n) is 1.69. The molecule has 0 spiro atoms. The highest BCUT2D eigenvalue weighted by molar-refractivity contribution is 7.99. The molecule has 0 saturated carbocycles. The summed E-state index contributed by atoms with van der Waals surface area (Å²) in [6.45, 7) is 0.603. The molecule has 0 aliphatic carbocycles. The highest BCUT2D eigenvalue weighted by Gasteiger charge is 2.09. The lowest BCUT2D eigenvalue weighted by molar-refractivity contribution is -0.129. The van der Waals surface area contributed by atoms with Gasteiger partial charge in [0.1, 0.15) is 0 Å². The van der Waals surface area contributed by atoms with E-state index in [-0.39, 0.29) is 5.91 Å². The molecule has 1 aromatic carbocycles. The van der Waals surface area contributed by atoms with Crippen molar-refractivity contribution < 1.29 is 4.79 Å². The number of amides is 1. The van der Waals surface area contributed by atoms with Crippen LogP contribution in [0.2, 0.25) is 0 Å². The van der Waals surface area contributed by atoms with Crippen molar-refractivity contribution in [2.45, 2.75) is 17.9 Å². The van der Waals surface area contributed by atoms with Crippen LogP contribution in [0.3, 0.4) is 0 Å². The van der Waals surface area contributed by atoms with Gasteiger partial charge in [0.25, 0.3) is 0 Å². The van der Waals surface area contributed by atoms with Gasteiger partial charge >= 0.3 is 0 Å². The number of nitrogens with one attached hydrogen (secondary N) is 1. The normalized spacial score (nSPS) is 10.4. The van der Waals surface area contributed by atoms with Gasteiger partial charge in [-0.05, 0) is 12.1 Å². The molecule has 1 heterocycles. The minimum atomic E-state index is 0.157. The van der Waals surface area contributed by atoms with Gasteiger partial charge in [0.15, 0.2) is 0 Å². The Morgan fingerprint density at radius 3 is 2.84 bits per heavy atom. The Hall–Kier alpha value is -1.75. The van der Waals surface area contributed by atoms with Crippen molar-refractivity contribution in [3.63, 3.8) is 0 Å². The van der Waals surface area contributed by atoms with E-state index in [4.69, 9.17) is 0 Å². The Balaban J connectivity index is 1.72. The second kappa shape index (κ2) is 6.99. The zero-order chi connectivity index (χ0) is 13.5. The van der Waals surface area contributed by atoms with Crippen molar-refractivity contribution in [1.82, 2.24) is 15.1 Å². The summed E-state index contributed by atoms with van der Waals surface area (Å²) in [5, 5.41) is 6.62. The van der Waals surface area contributed by atoms with E-state index in [2.05, 4.69) is 22.3 Å². The number of nitrogens with zero attached hydrogens (tertiary/aromatic N) is 2. The van der Waals surface area contributed by atoms with Crippen LogP contribution in [0.25, 0.3) is 0 Å². The molecule has 0 atom stereocenters. The number of carbonyl (C=O) groups excluding carboxylic acids is 1. The number of hydrogen-bond acceptors (Lipinski definition) is 3. The summed E-state index contributed by atoms with van der Waals surface area (Å²) in [7, 11) is 1.82. The van der Waals surface area contributed by atoms with Gasteiger partial charge in [-0.15, -0.1) is 11.8 Å². The van der Waals surface area contributed by atoms with Crippen LogP contribution < -0.4 is 0 Å². The van der Waals surface area contributed by atoms with Gasteiger partial charge < -0.3 is 4.90 Å². The van der Waals surface area contributed by atoms with Gasteiger partial charge in [-0.1, -0.05) is 18.2 Å². The molecule has 1 amide bonds. The average Bonchev–Trinajstić information content (AvgIpc) is 2.92. The monoisotopic (exact) mass is 275 g/mol. The lowest BCUT2D eigenvalue weighted by Gasteiger charge is -2.15. The highest BCUT2D eigenvalue weighted by atomic mass is 32.2. The van der Waals surface area contributed by atoms with Crippen LogP contribution in [0.4, 0.5) is 0 Å². The van der Waals surface area contributed by atoms with E-state index in [1.54, 1.807) is 22.9 Å². The molecule has 0 unspecified atom stereocenters. The molecule has 2 rings (SSSR count). The smallest absolute Gasteiger partial charge is 0.223 e. The summed E-state index contributed by atoms with van der Waals surface area (Å²) < 4.78 is 0. The third-order valence-electron chi connectivity index (χ3n) is 2.73. The first-order valence-corrected chi connectivity index (χ1v) is 7.14. The van der Waals surface area contributed by atoms with E-state index in [9.17, 15) is 4.79 Å². The Morgan fingerprint density at radius 1 is 1.37 bits per heavy atom. The number of hydrogen-bond donors (Lipinski definition) is 1. The Kier molecular flexibility index (Phi) is 5.03. The number of aromatic nitrogens is 2. The lowest BCUT2D eigenvalue weighted by Crippen LogP contribution is -2.26. The van der Waals surface area contributed by atoms with E-state index in [0.29, 0.717) is 13.0 Å². The highest BCUT2D eigenvalue weighted by Crippen LogP contribution is 2.18. The average molecular weight is 275 g/mol. The largest absolute Gasteiger partial charge is 0.341 e. The zero-order valence-corrected chi connectivity index (χ0v) is 11.7. The van der Waals surface area contributed by atoms with Crippen LogP contribution >= 0.6 is 11.8 Å². The van der Waals surface area contributed by atoms with Crippen molar-refractivity contribution in [3.8, 4) is 0 Å². The zero-order valence-electron chi connectivity index (χ0n) is 10.9. The second-order valence-electron chi connectivity index (χ2n) is 4.27. The maximum absolute atomic E-state index is 11.9. The van der Waals surface area contributed by atoms with Crippen LogP contribution in [0.5, 0.6) is 0 Å². The molecule has 0 aliphatic heterocycles. The first kappa shape index (κ1) is 13.7. The maximum Gasteiger partial charge on any atom is 0.223 e. The Bertz CT molecular complexity index is 499. The van der Waals surface area contributed by atoms with Gasteiger partial charge in [-0.25, -0.2) is 0 Å². The lowest BCUT2D eigenvalue weighted by atomic mass is 10.3. The molecule has 19 heavy (non-hydrogen) atoms. The molecule has 0 aliphatic rings. The number of benzene rings is 1. The summed E-state index contributed by atoms with van der Waals surface area (Å²) in [5.41, 5.74) is 1.02. The van der Waals surface area contributed by atoms with E-state index >= 15 is 0 Å². The first-order chi connectivity index (χ1) is 9.25. The number of rotatable bonds is 6. The molecule has 0 radical (unpaired) electrons. The molecule has 1 aromatic heterocycles. The molecular formula is C14H17N3OS. The summed E-state index contributed by atoms with van der Waals surface area (Å²) >= 11 is 1.71. The van der Waals surface area contributed by atoms with Crippen LogP contribution in [0.15, 0.2) is 47.6 Å². The van der Waals surface area contributed by atoms with Gasteiger partial charge in [-0.3, -0.25) is 9.89 Å². The predicted molar refractivity (Wildman–Crippen MR) is 76.8 cm³/mol. The molecule has 4 nitrogen and oxygen atoms in total. The molecule has 0 saturated heterocycles. The molecular weight excluding hydrogens is 258 g/mol. The Labute approximate surface area is 117 Å². The number of carbonyl (C=O) groups is 1. The van der Waals surface area contributed by atoms with Gasteiger partial charge in [0.05, 0.1) is 6.20 Å². The SMILES string of the molecule is CN(Cc1cn[nH]c1)C(=O)CCSc1ccccc1. The fraction of sp³-hybridized carbons (Fsp3) is 0.286. The maximum atomic E-state index is 11.9. The number of aromatic amines is 1. The molecule has 0 bridgehead atoms. The fourth-order valence-corrected chi connectivity index (χ4v) is 2.55. The molecule has 0 fully saturated rings.